The Morgan fingerprint density at radius 3 is 2.88 bits per heavy atom. The van der Waals surface area contributed by atoms with Crippen molar-refractivity contribution in [1.82, 2.24) is 0 Å². The molecule has 1 aromatic carbocycles. The summed E-state index contributed by atoms with van der Waals surface area (Å²) in [6.07, 6.45) is 6.02. The molecule has 1 nitrogen and oxygen atoms in total. The van der Waals surface area contributed by atoms with Crippen molar-refractivity contribution in [1.29, 1.82) is 0 Å². The quantitative estimate of drug-likeness (QED) is 0.727. The molecule has 1 fully saturated rings. The Hall–Kier alpha value is -0.690. The van der Waals surface area contributed by atoms with E-state index in [-0.39, 0.29) is 0 Å². The number of aryl methyl sites for hydroxylation is 1. The van der Waals surface area contributed by atoms with E-state index in [1.807, 2.05) is 0 Å². The highest BCUT2D eigenvalue weighted by molar-refractivity contribution is 6.20. The third-order valence-electron chi connectivity index (χ3n) is 3.66. The maximum Gasteiger partial charge on any atom is 0.122 e. The fraction of sp³-hybridized carbons (Fsp3) is 0.600. The van der Waals surface area contributed by atoms with Gasteiger partial charge in [0.25, 0.3) is 0 Å². The second kappa shape index (κ2) is 5.77. The lowest BCUT2D eigenvalue weighted by molar-refractivity contribution is 0.352. The first kappa shape index (κ1) is 12.8. The maximum atomic E-state index is 6.25. The standard InChI is InChI=1S/C15H21ClO/c1-11-6-7-15(17-2)13(8-11)9-12-4-3-5-14(16)10-12/h6-8,12,14H,3-5,9-10H2,1-2H3. The smallest absolute Gasteiger partial charge is 0.122 e. The van der Waals surface area contributed by atoms with Crippen molar-refractivity contribution in [3.05, 3.63) is 29.3 Å². The first-order valence-corrected chi connectivity index (χ1v) is 6.90. The highest BCUT2D eigenvalue weighted by atomic mass is 35.5. The Labute approximate surface area is 109 Å². The van der Waals surface area contributed by atoms with E-state index >= 15 is 0 Å². The van der Waals surface area contributed by atoms with Gasteiger partial charge in [-0.2, -0.15) is 0 Å². The minimum absolute atomic E-state index is 0.379. The van der Waals surface area contributed by atoms with Crippen molar-refractivity contribution in [2.45, 2.75) is 44.4 Å². The summed E-state index contributed by atoms with van der Waals surface area (Å²) < 4.78 is 5.44. The Bertz CT molecular complexity index is 375. The highest BCUT2D eigenvalue weighted by Gasteiger charge is 2.21. The summed E-state index contributed by atoms with van der Waals surface area (Å²) in [4.78, 5) is 0. The zero-order valence-corrected chi connectivity index (χ0v) is 11.5. The monoisotopic (exact) mass is 252 g/mol. The Kier molecular flexibility index (Phi) is 4.33. The molecule has 1 aliphatic rings. The molecule has 2 heteroatoms. The summed E-state index contributed by atoms with van der Waals surface area (Å²) >= 11 is 6.25. The van der Waals surface area contributed by atoms with Crippen LogP contribution in [0, 0.1) is 12.8 Å². The van der Waals surface area contributed by atoms with Crippen LogP contribution in [-0.4, -0.2) is 12.5 Å². The molecule has 0 aromatic heterocycles. The molecule has 1 saturated carbocycles. The van der Waals surface area contributed by atoms with Crippen LogP contribution in [0.1, 0.15) is 36.8 Å². The van der Waals surface area contributed by atoms with Crippen LogP contribution in [0.4, 0.5) is 0 Å². The van der Waals surface area contributed by atoms with Gasteiger partial charge in [-0.25, -0.2) is 0 Å². The van der Waals surface area contributed by atoms with Crippen molar-refractivity contribution in [2.75, 3.05) is 7.11 Å². The third kappa shape index (κ3) is 3.38. The second-order valence-electron chi connectivity index (χ2n) is 5.15. The lowest BCUT2D eigenvalue weighted by Crippen LogP contribution is -2.17. The molecule has 17 heavy (non-hydrogen) atoms. The zero-order chi connectivity index (χ0) is 12.3. The van der Waals surface area contributed by atoms with Gasteiger partial charge in [0.1, 0.15) is 5.75 Å². The van der Waals surface area contributed by atoms with Crippen molar-refractivity contribution >= 4 is 11.6 Å². The highest BCUT2D eigenvalue weighted by Crippen LogP contribution is 2.32. The van der Waals surface area contributed by atoms with Crippen molar-refractivity contribution in [3.8, 4) is 5.75 Å². The number of hydrogen-bond donors (Lipinski definition) is 0. The van der Waals surface area contributed by atoms with Crippen LogP contribution < -0.4 is 4.74 Å². The van der Waals surface area contributed by atoms with Crippen molar-refractivity contribution < 1.29 is 4.74 Å². The van der Waals surface area contributed by atoms with Gasteiger partial charge in [0.05, 0.1) is 7.11 Å². The van der Waals surface area contributed by atoms with E-state index in [2.05, 4.69) is 25.1 Å². The second-order valence-corrected chi connectivity index (χ2v) is 5.77. The molecule has 2 atom stereocenters. The summed E-state index contributed by atoms with van der Waals surface area (Å²) in [6, 6.07) is 6.43. The number of ether oxygens (including phenoxy) is 1. The SMILES string of the molecule is COc1ccc(C)cc1CC1CCCC(Cl)C1. The van der Waals surface area contributed by atoms with E-state index in [9.17, 15) is 0 Å². The molecule has 0 N–H and O–H groups in total. The van der Waals surface area contributed by atoms with Gasteiger partial charge < -0.3 is 4.74 Å². The van der Waals surface area contributed by atoms with Gasteiger partial charge >= 0.3 is 0 Å². The van der Waals surface area contributed by atoms with Crippen LogP contribution in [0.25, 0.3) is 0 Å². The van der Waals surface area contributed by atoms with Gasteiger partial charge in [0.15, 0.2) is 0 Å². The van der Waals surface area contributed by atoms with E-state index in [1.165, 1.54) is 30.4 Å². The summed E-state index contributed by atoms with van der Waals surface area (Å²) in [5, 5.41) is 0.379. The molecule has 0 amide bonds. The summed E-state index contributed by atoms with van der Waals surface area (Å²) in [7, 11) is 1.75. The number of methoxy groups -OCH3 is 1. The van der Waals surface area contributed by atoms with Gasteiger partial charge in [-0.15, -0.1) is 11.6 Å². The Morgan fingerprint density at radius 1 is 1.35 bits per heavy atom. The largest absolute Gasteiger partial charge is 0.496 e. The zero-order valence-electron chi connectivity index (χ0n) is 10.7. The molecule has 1 aliphatic carbocycles. The predicted molar refractivity (Wildman–Crippen MR) is 73.0 cm³/mol. The molecular weight excluding hydrogens is 232 g/mol. The molecule has 2 rings (SSSR count). The van der Waals surface area contributed by atoms with Gasteiger partial charge in [-0.3, -0.25) is 0 Å². The average Bonchev–Trinajstić information content (AvgIpc) is 2.29. The van der Waals surface area contributed by atoms with Gasteiger partial charge in [0, 0.05) is 5.38 Å². The first-order chi connectivity index (χ1) is 8.19. The molecule has 94 valence electrons. The lowest BCUT2D eigenvalue weighted by Gasteiger charge is -2.26. The number of halogens is 1. The normalized spacial score (nSPS) is 24.6. The van der Waals surface area contributed by atoms with Crippen LogP contribution in [0.15, 0.2) is 18.2 Å². The van der Waals surface area contributed by atoms with Gasteiger partial charge in [0.2, 0.25) is 0 Å². The molecule has 2 unspecified atom stereocenters. The fourth-order valence-electron chi connectivity index (χ4n) is 2.79. The van der Waals surface area contributed by atoms with Crippen LogP contribution in [0.3, 0.4) is 0 Å². The maximum absolute atomic E-state index is 6.25. The number of alkyl halides is 1. The predicted octanol–water partition coefficient (Wildman–Crippen LogP) is 4.34. The van der Waals surface area contributed by atoms with E-state index in [0.717, 1.165) is 24.5 Å². The number of hydrogen-bond acceptors (Lipinski definition) is 1. The van der Waals surface area contributed by atoms with Gasteiger partial charge in [-0.1, -0.05) is 30.5 Å². The van der Waals surface area contributed by atoms with Crippen molar-refractivity contribution in [2.24, 2.45) is 5.92 Å². The van der Waals surface area contributed by atoms with Gasteiger partial charge in [-0.05, 0) is 43.7 Å². The minimum atomic E-state index is 0.379. The molecule has 0 aliphatic heterocycles. The molecule has 0 radical (unpaired) electrons. The Balaban J connectivity index is 2.08. The topological polar surface area (TPSA) is 9.23 Å². The van der Waals surface area contributed by atoms with E-state index in [0.29, 0.717) is 5.38 Å². The minimum Gasteiger partial charge on any atom is -0.496 e. The summed E-state index contributed by atoms with van der Waals surface area (Å²) in [5.41, 5.74) is 2.64. The number of benzene rings is 1. The molecule has 0 spiro atoms. The molecule has 0 heterocycles. The summed E-state index contributed by atoms with van der Waals surface area (Å²) in [5.74, 6) is 1.74. The van der Waals surface area contributed by atoms with Crippen LogP contribution in [-0.2, 0) is 6.42 Å². The molecule has 0 bridgehead atoms. The molecule has 0 saturated heterocycles. The van der Waals surface area contributed by atoms with Crippen molar-refractivity contribution in [3.63, 3.8) is 0 Å². The van der Waals surface area contributed by atoms with Crippen LogP contribution in [0.5, 0.6) is 5.75 Å². The Morgan fingerprint density at radius 2 is 2.18 bits per heavy atom. The number of rotatable bonds is 3. The summed E-state index contributed by atoms with van der Waals surface area (Å²) in [6.45, 7) is 2.13. The lowest BCUT2D eigenvalue weighted by atomic mass is 9.84. The van der Waals surface area contributed by atoms with Crippen LogP contribution in [0.2, 0.25) is 0 Å². The first-order valence-electron chi connectivity index (χ1n) is 6.46. The van der Waals surface area contributed by atoms with E-state index in [4.69, 9.17) is 16.3 Å². The molecule has 1 aromatic rings. The van der Waals surface area contributed by atoms with Crippen LogP contribution >= 0.6 is 11.6 Å². The average molecular weight is 253 g/mol. The van der Waals surface area contributed by atoms with E-state index < -0.39 is 0 Å². The van der Waals surface area contributed by atoms with E-state index in [1.54, 1.807) is 7.11 Å². The third-order valence-corrected chi connectivity index (χ3v) is 4.06. The molecular formula is C15H21ClO. The fourth-order valence-corrected chi connectivity index (χ4v) is 3.19.